The molecule has 1 aliphatic carbocycles. The summed E-state index contributed by atoms with van der Waals surface area (Å²) < 4.78 is 86.5. The molecule has 1 heterocycles. The normalized spacial score (nSPS) is 26.0. The lowest BCUT2D eigenvalue weighted by Gasteiger charge is -2.37. The van der Waals surface area contributed by atoms with Gasteiger partial charge in [-0.05, 0) is 38.0 Å². The van der Waals surface area contributed by atoms with Crippen molar-refractivity contribution in [2.75, 3.05) is 11.9 Å². The van der Waals surface area contributed by atoms with Gasteiger partial charge < -0.3 is 15.8 Å². The van der Waals surface area contributed by atoms with Crippen LogP contribution >= 0.6 is 0 Å². The Morgan fingerprint density at radius 2 is 1.93 bits per heavy atom. The van der Waals surface area contributed by atoms with Crippen LogP contribution in [0.4, 0.5) is 32.0 Å². The molecule has 1 aromatic carbocycles. The molecule has 27 heavy (non-hydrogen) atoms. The van der Waals surface area contributed by atoms with Gasteiger partial charge in [-0.1, -0.05) is 0 Å². The number of anilines is 1. The first-order valence-electron chi connectivity index (χ1n) is 7.87. The second-order valence-corrected chi connectivity index (χ2v) is 6.74. The number of hydrogen-bond donors (Lipinski definition) is 2. The first-order chi connectivity index (χ1) is 12.3. The van der Waals surface area contributed by atoms with Crippen LogP contribution < -0.4 is 11.1 Å². The summed E-state index contributed by atoms with van der Waals surface area (Å²) >= 11 is 0. The van der Waals surface area contributed by atoms with E-state index in [1.54, 1.807) is 0 Å². The molecule has 1 aliphatic heterocycles. The molecule has 2 aliphatic rings. The number of hydrogen-bond acceptors (Lipinski definition) is 4. The van der Waals surface area contributed by atoms with E-state index in [2.05, 4.69) is 9.73 Å². The monoisotopic (exact) mass is 395 g/mol. The van der Waals surface area contributed by atoms with Crippen molar-refractivity contribution in [2.45, 2.75) is 37.4 Å². The molecule has 0 aromatic heterocycles. The van der Waals surface area contributed by atoms with Gasteiger partial charge in [0, 0.05) is 11.3 Å². The van der Waals surface area contributed by atoms with Crippen LogP contribution in [0.15, 0.2) is 23.2 Å². The van der Waals surface area contributed by atoms with Gasteiger partial charge in [-0.25, -0.2) is 9.38 Å². The third-order valence-electron chi connectivity index (χ3n) is 4.92. The lowest BCUT2D eigenvalue weighted by molar-refractivity contribution is -0.189. The Kier molecular flexibility index (Phi) is 4.12. The Hall–Kier alpha value is -2.46. The van der Waals surface area contributed by atoms with E-state index >= 15 is 0 Å². The van der Waals surface area contributed by atoms with Gasteiger partial charge in [0.25, 0.3) is 6.02 Å². The molecular weight excluding hydrogens is 380 g/mol. The molecule has 0 saturated heterocycles. The second kappa shape index (κ2) is 5.77. The van der Waals surface area contributed by atoms with Crippen molar-refractivity contribution in [1.29, 1.82) is 0 Å². The molecule has 11 heteroatoms. The molecule has 0 radical (unpaired) electrons. The van der Waals surface area contributed by atoms with Gasteiger partial charge in [0.1, 0.15) is 11.2 Å². The number of alkyl halides is 5. The van der Waals surface area contributed by atoms with Crippen molar-refractivity contribution in [1.82, 2.24) is 0 Å². The van der Waals surface area contributed by atoms with Crippen molar-refractivity contribution in [3.8, 4) is 0 Å². The van der Waals surface area contributed by atoms with E-state index in [1.807, 2.05) is 5.32 Å². The van der Waals surface area contributed by atoms with Crippen molar-refractivity contribution in [3.63, 3.8) is 0 Å². The largest absolute Gasteiger partial charge is 0.459 e. The molecule has 3 N–H and O–H groups in total. The summed E-state index contributed by atoms with van der Waals surface area (Å²) in [7, 11) is 0. The topological polar surface area (TPSA) is 76.7 Å². The van der Waals surface area contributed by atoms with Gasteiger partial charge in [-0.15, -0.1) is 0 Å². The Morgan fingerprint density at radius 3 is 2.48 bits per heavy atom. The maximum atomic E-state index is 14.4. The summed E-state index contributed by atoms with van der Waals surface area (Å²) in [5.74, 6) is -6.05. The van der Waals surface area contributed by atoms with E-state index in [0.717, 1.165) is 25.1 Å². The number of benzene rings is 1. The zero-order valence-electron chi connectivity index (χ0n) is 14.0. The second-order valence-electron chi connectivity index (χ2n) is 6.74. The van der Waals surface area contributed by atoms with Crippen LogP contribution in [-0.2, 0) is 15.1 Å². The van der Waals surface area contributed by atoms with Crippen molar-refractivity contribution in [2.24, 2.45) is 16.1 Å². The third-order valence-corrected chi connectivity index (χ3v) is 4.92. The Balaban J connectivity index is 1.96. The molecule has 0 spiro atoms. The van der Waals surface area contributed by atoms with Gasteiger partial charge in [-0.3, -0.25) is 4.79 Å². The molecule has 1 fully saturated rings. The third kappa shape index (κ3) is 2.98. The fraction of sp³-hybridized carbons (Fsp3) is 0.500. The van der Waals surface area contributed by atoms with E-state index in [1.165, 1.54) is 0 Å². The minimum absolute atomic E-state index is 0.260. The first kappa shape index (κ1) is 19.3. The fourth-order valence-electron chi connectivity index (χ4n) is 2.89. The van der Waals surface area contributed by atoms with Crippen LogP contribution in [0.25, 0.3) is 0 Å². The number of nitrogens with two attached hydrogens (primary N) is 1. The maximum absolute atomic E-state index is 14.4. The molecule has 3 rings (SSSR count). The zero-order valence-corrected chi connectivity index (χ0v) is 14.0. The summed E-state index contributed by atoms with van der Waals surface area (Å²) in [6.45, 7) is -0.226. The molecule has 1 atom stereocenters. The van der Waals surface area contributed by atoms with Gasteiger partial charge in [0.05, 0.1) is 0 Å². The number of rotatable bonds is 3. The average Bonchev–Trinajstić information content (AvgIpc) is 3.35. The molecule has 5 nitrogen and oxygen atoms in total. The van der Waals surface area contributed by atoms with Crippen LogP contribution in [0.3, 0.4) is 0 Å². The molecular formula is C16H15F6N3O2. The van der Waals surface area contributed by atoms with Crippen LogP contribution in [0.5, 0.6) is 0 Å². The van der Waals surface area contributed by atoms with E-state index in [9.17, 15) is 31.1 Å². The number of nitrogens with zero attached hydrogens (tertiary/aromatic N) is 1. The fourth-order valence-corrected chi connectivity index (χ4v) is 2.89. The number of carbonyl (C=O) groups excluding carboxylic acids is 1. The van der Waals surface area contributed by atoms with Crippen molar-refractivity contribution in [3.05, 3.63) is 29.6 Å². The highest BCUT2D eigenvalue weighted by molar-refractivity contribution is 5.98. The number of aliphatic imine (C=N–C) groups is 1. The molecule has 1 aromatic rings. The van der Waals surface area contributed by atoms with E-state index in [0.29, 0.717) is 0 Å². The highest BCUT2D eigenvalue weighted by Crippen LogP contribution is 2.58. The van der Waals surface area contributed by atoms with E-state index < -0.39 is 53.0 Å². The standard InChI is InChI=1S/C16H15F6N3O2/c1-13(15(18,19)7-27-12(23)25-13)9-6-8(2-3-10(9)17)24-11(26)14(4-5-14)16(20,21)22/h2-3,6H,4-5,7H2,1H3,(H2,23,25)(H,24,26)/t13-/m1/s1. The number of amidine groups is 1. The van der Waals surface area contributed by atoms with Crippen molar-refractivity contribution < 1.29 is 35.9 Å². The minimum Gasteiger partial charge on any atom is -0.459 e. The van der Waals surface area contributed by atoms with E-state index in [4.69, 9.17) is 5.73 Å². The highest BCUT2D eigenvalue weighted by Gasteiger charge is 2.68. The number of halogens is 6. The van der Waals surface area contributed by atoms with Gasteiger partial charge in [0.15, 0.2) is 12.1 Å². The van der Waals surface area contributed by atoms with Crippen molar-refractivity contribution >= 4 is 17.6 Å². The highest BCUT2D eigenvalue weighted by atomic mass is 19.4. The lowest BCUT2D eigenvalue weighted by Crippen LogP contribution is -2.51. The number of ether oxygens (including phenoxy) is 1. The molecule has 148 valence electrons. The maximum Gasteiger partial charge on any atom is 0.403 e. The minimum atomic E-state index is -4.74. The van der Waals surface area contributed by atoms with Crippen LogP contribution in [0.2, 0.25) is 0 Å². The molecule has 0 unspecified atom stereocenters. The first-order valence-corrected chi connectivity index (χ1v) is 7.87. The SMILES string of the molecule is C[C@]1(c2cc(NC(=O)C3(C(F)(F)F)CC3)ccc2F)N=C(N)OCC1(F)F. The number of nitrogens with one attached hydrogen (secondary N) is 1. The Bertz CT molecular complexity index is 819. The summed E-state index contributed by atoms with van der Waals surface area (Å²) in [4.78, 5) is 15.5. The Morgan fingerprint density at radius 1 is 1.30 bits per heavy atom. The quantitative estimate of drug-likeness (QED) is 0.771. The Labute approximate surface area is 149 Å². The summed E-state index contributed by atoms with van der Waals surface area (Å²) in [6.07, 6.45) is -5.48. The smallest absolute Gasteiger partial charge is 0.403 e. The van der Waals surface area contributed by atoms with Crippen LogP contribution in [-0.4, -0.2) is 30.6 Å². The molecule has 0 bridgehead atoms. The average molecular weight is 395 g/mol. The predicted octanol–water partition coefficient (Wildman–Crippen LogP) is 3.30. The van der Waals surface area contributed by atoms with Gasteiger partial charge >= 0.3 is 12.1 Å². The summed E-state index contributed by atoms with van der Waals surface area (Å²) in [5.41, 5.74) is -0.523. The number of amides is 1. The summed E-state index contributed by atoms with van der Waals surface area (Å²) in [6, 6.07) is 2.00. The van der Waals surface area contributed by atoms with Crippen LogP contribution in [0.1, 0.15) is 25.3 Å². The van der Waals surface area contributed by atoms with Crippen LogP contribution in [0, 0.1) is 11.2 Å². The predicted molar refractivity (Wildman–Crippen MR) is 82.6 cm³/mol. The van der Waals surface area contributed by atoms with Gasteiger partial charge in [0.2, 0.25) is 5.91 Å². The van der Waals surface area contributed by atoms with Gasteiger partial charge in [-0.2, -0.15) is 22.0 Å². The zero-order chi connectivity index (χ0) is 20.3. The number of carbonyl (C=O) groups is 1. The summed E-state index contributed by atoms with van der Waals surface area (Å²) in [5, 5.41) is 2.03. The lowest BCUT2D eigenvalue weighted by atomic mass is 9.85. The van der Waals surface area contributed by atoms with E-state index in [-0.39, 0.29) is 18.5 Å². The molecule has 1 amide bonds. The molecule has 1 saturated carbocycles.